The number of nitrogens with one attached hydrogen (secondary N) is 2. The third-order valence-electron chi connectivity index (χ3n) is 4.23. The summed E-state index contributed by atoms with van der Waals surface area (Å²) in [6, 6.07) is 11.3. The number of thiophene rings is 1. The van der Waals surface area contributed by atoms with Crippen LogP contribution in [-0.4, -0.2) is 15.5 Å². The molecule has 7 heteroatoms. The number of nitrogens with zero attached hydrogens (tertiary/aromatic N) is 1. The van der Waals surface area contributed by atoms with E-state index in [2.05, 4.69) is 17.2 Å². The maximum atomic E-state index is 12.6. The van der Waals surface area contributed by atoms with Crippen LogP contribution in [0, 0.1) is 0 Å². The van der Waals surface area contributed by atoms with Crippen LogP contribution < -0.4 is 16.6 Å². The van der Waals surface area contributed by atoms with Crippen molar-refractivity contribution in [2.45, 2.75) is 32.7 Å². The highest BCUT2D eigenvalue weighted by atomic mass is 32.1. The van der Waals surface area contributed by atoms with Crippen LogP contribution in [0.5, 0.6) is 0 Å². The molecule has 1 amide bonds. The smallest absolute Gasteiger partial charge is 0.322 e. The first-order chi connectivity index (χ1) is 13.1. The predicted molar refractivity (Wildman–Crippen MR) is 108 cm³/mol. The molecular weight excluding hydrogens is 362 g/mol. The van der Waals surface area contributed by atoms with Gasteiger partial charge in [0.2, 0.25) is 0 Å². The molecule has 3 rings (SSSR count). The summed E-state index contributed by atoms with van der Waals surface area (Å²) in [6.45, 7) is 2.28. The molecule has 0 saturated heterocycles. The summed E-state index contributed by atoms with van der Waals surface area (Å²) in [5.74, 6) is -0.544. The van der Waals surface area contributed by atoms with Crippen LogP contribution >= 0.6 is 11.3 Å². The molecule has 0 aliphatic heterocycles. The molecule has 3 aromatic rings. The van der Waals surface area contributed by atoms with Crippen molar-refractivity contribution >= 4 is 22.9 Å². The van der Waals surface area contributed by atoms with Gasteiger partial charge in [-0.15, -0.1) is 11.3 Å². The van der Waals surface area contributed by atoms with Crippen LogP contribution in [0.3, 0.4) is 0 Å². The fourth-order valence-corrected chi connectivity index (χ4v) is 3.40. The molecule has 2 N–H and O–H groups in total. The van der Waals surface area contributed by atoms with Gasteiger partial charge >= 0.3 is 5.69 Å². The lowest BCUT2D eigenvalue weighted by molar-refractivity contribution is 0.102. The molecule has 0 atom stereocenters. The number of aryl methyl sites for hydroxylation is 1. The van der Waals surface area contributed by atoms with Gasteiger partial charge < -0.3 is 10.3 Å². The maximum absolute atomic E-state index is 12.6. The molecular formula is C20H21N3O3S. The van der Waals surface area contributed by atoms with Gasteiger partial charge in [0, 0.05) is 16.8 Å². The lowest BCUT2D eigenvalue weighted by Gasteiger charge is -2.08. The van der Waals surface area contributed by atoms with Crippen molar-refractivity contribution in [2.24, 2.45) is 0 Å². The molecule has 0 aliphatic rings. The lowest BCUT2D eigenvalue weighted by Crippen LogP contribution is -2.39. The van der Waals surface area contributed by atoms with Crippen LogP contribution in [0.1, 0.15) is 40.6 Å². The molecule has 0 saturated carbocycles. The second-order valence-corrected chi connectivity index (χ2v) is 7.27. The summed E-state index contributed by atoms with van der Waals surface area (Å²) < 4.78 is 1.04. The fourth-order valence-electron chi connectivity index (χ4n) is 2.71. The zero-order valence-electron chi connectivity index (χ0n) is 15.0. The Morgan fingerprint density at radius 2 is 1.96 bits per heavy atom. The molecule has 1 aromatic carbocycles. The first-order valence-corrected chi connectivity index (χ1v) is 9.71. The number of rotatable bonds is 7. The standard InChI is InChI=1S/C20H21N3O3S/c1-2-3-5-14-7-9-15(10-8-14)22-18(24)17-12-21-20(26)23(19(17)25)13-16-6-4-11-27-16/h4,6-12H,2-3,5,13H2,1H3,(H,21,26)(H,22,24). The van der Waals surface area contributed by atoms with Crippen molar-refractivity contribution in [3.8, 4) is 0 Å². The number of anilines is 1. The topological polar surface area (TPSA) is 84.0 Å². The molecule has 0 fully saturated rings. The number of benzene rings is 1. The quantitative estimate of drug-likeness (QED) is 0.657. The van der Waals surface area contributed by atoms with Crippen LogP contribution in [0.4, 0.5) is 5.69 Å². The monoisotopic (exact) mass is 383 g/mol. The maximum Gasteiger partial charge on any atom is 0.328 e. The summed E-state index contributed by atoms with van der Waals surface area (Å²) in [5, 5.41) is 4.59. The number of unbranched alkanes of at least 4 members (excludes halogenated alkanes) is 1. The van der Waals surface area contributed by atoms with E-state index in [4.69, 9.17) is 0 Å². The molecule has 0 radical (unpaired) electrons. The molecule has 140 valence electrons. The summed E-state index contributed by atoms with van der Waals surface area (Å²) in [5.41, 5.74) is 0.573. The number of hydrogen-bond donors (Lipinski definition) is 2. The zero-order chi connectivity index (χ0) is 19.2. The Labute approximate surface area is 160 Å². The van der Waals surface area contributed by atoms with Crippen molar-refractivity contribution in [3.63, 3.8) is 0 Å². The number of carbonyl (C=O) groups excluding carboxylic acids is 1. The molecule has 0 bridgehead atoms. The SMILES string of the molecule is CCCCc1ccc(NC(=O)c2c[nH]c(=O)n(Cc3cccs3)c2=O)cc1. The summed E-state index contributed by atoms with van der Waals surface area (Å²) >= 11 is 1.45. The second-order valence-electron chi connectivity index (χ2n) is 6.23. The van der Waals surface area contributed by atoms with Crippen LogP contribution in [0.25, 0.3) is 0 Å². The second kappa shape index (κ2) is 8.64. The van der Waals surface area contributed by atoms with Gasteiger partial charge in [0.1, 0.15) is 5.56 Å². The Morgan fingerprint density at radius 3 is 2.63 bits per heavy atom. The van der Waals surface area contributed by atoms with Crippen molar-refractivity contribution in [1.82, 2.24) is 9.55 Å². The zero-order valence-corrected chi connectivity index (χ0v) is 15.8. The van der Waals surface area contributed by atoms with Gasteiger partial charge in [-0.25, -0.2) is 4.79 Å². The van der Waals surface area contributed by atoms with E-state index in [1.807, 2.05) is 41.8 Å². The van der Waals surface area contributed by atoms with Crippen LogP contribution in [-0.2, 0) is 13.0 Å². The van der Waals surface area contributed by atoms with E-state index in [1.165, 1.54) is 23.1 Å². The first-order valence-electron chi connectivity index (χ1n) is 8.83. The van der Waals surface area contributed by atoms with Gasteiger partial charge in [0.25, 0.3) is 11.5 Å². The van der Waals surface area contributed by atoms with E-state index >= 15 is 0 Å². The molecule has 0 unspecified atom stereocenters. The lowest BCUT2D eigenvalue weighted by atomic mass is 10.1. The number of amides is 1. The fraction of sp³-hybridized carbons (Fsp3) is 0.250. The van der Waals surface area contributed by atoms with Crippen molar-refractivity contribution in [3.05, 3.63) is 84.8 Å². The highest BCUT2D eigenvalue weighted by molar-refractivity contribution is 7.09. The Balaban J connectivity index is 1.78. The summed E-state index contributed by atoms with van der Waals surface area (Å²) in [7, 11) is 0. The van der Waals surface area contributed by atoms with Gasteiger partial charge in [-0.1, -0.05) is 31.5 Å². The van der Waals surface area contributed by atoms with Crippen LogP contribution in [0.15, 0.2) is 57.6 Å². The minimum absolute atomic E-state index is 0.0961. The number of H-pyrrole nitrogens is 1. The third kappa shape index (κ3) is 4.62. The minimum atomic E-state index is -0.607. The van der Waals surface area contributed by atoms with Crippen LogP contribution in [0.2, 0.25) is 0 Å². The normalized spacial score (nSPS) is 10.7. The Kier molecular flexibility index (Phi) is 6.03. The van der Waals surface area contributed by atoms with Gasteiger partial charge in [-0.2, -0.15) is 0 Å². The van der Waals surface area contributed by atoms with E-state index in [1.54, 1.807) is 0 Å². The predicted octanol–water partition coefficient (Wildman–Crippen LogP) is 3.24. The summed E-state index contributed by atoms with van der Waals surface area (Å²) in [6.07, 6.45) is 4.41. The van der Waals surface area contributed by atoms with E-state index in [9.17, 15) is 14.4 Å². The van der Waals surface area contributed by atoms with Gasteiger partial charge in [0.15, 0.2) is 0 Å². The first kappa shape index (κ1) is 18.8. The molecule has 0 aliphatic carbocycles. The van der Waals surface area contributed by atoms with Crippen molar-refractivity contribution in [2.75, 3.05) is 5.32 Å². The Morgan fingerprint density at radius 1 is 1.19 bits per heavy atom. The molecule has 2 aromatic heterocycles. The molecule has 6 nitrogen and oxygen atoms in total. The average Bonchev–Trinajstić information content (AvgIpc) is 3.18. The molecule has 0 spiro atoms. The van der Waals surface area contributed by atoms with Gasteiger partial charge in [0.05, 0.1) is 6.54 Å². The minimum Gasteiger partial charge on any atom is -0.322 e. The van der Waals surface area contributed by atoms with Crippen molar-refractivity contribution in [1.29, 1.82) is 0 Å². The molecule has 27 heavy (non-hydrogen) atoms. The highest BCUT2D eigenvalue weighted by Crippen LogP contribution is 2.13. The number of aromatic amines is 1. The Hall–Kier alpha value is -2.93. The van der Waals surface area contributed by atoms with E-state index in [0.29, 0.717) is 5.69 Å². The highest BCUT2D eigenvalue weighted by Gasteiger charge is 2.15. The largest absolute Gasteiger partial charge is 0.328 e. The van der Waals surface area contributed by atoms with Crippen molar-refractivity contribution < 1.29 is 4.79 Å². The number of carbonyl (C=O) groups is 1. The van der Waals surface area contributed by atoms with E-state index in [-0.39, 0.29) is 12.1 Å². The Bertz CT molecular complexity index is 1020. The third-order valence-corrected chi connectivity index (χ3v) is 5.09. The average molecular weight is 383 g/mol. The number of hydrogen-bond acceptors (Lipinski definition) is 4. The van der Waals surface area contributed by atoms with E-state index in [0.717, 1.165) is 28.7 Å². The van der Waals surface area contributed by atoms with Gasteiger partial charge in [-0.3, -0.25) is 14.2 Å². The van der Waals surface area contributed by atoms with Gasteiger partial charge in [-0.05, 0) is 42.0 Å². The molecule has 2 heterocycles. The van der Waals surface area contributed by atoms with E-state index < -0.39 is 17.2 Å². The number of aromatic nitrogens is 2. The summed E-state index contributed by atoms with van der Waals surface area (Å²) in [4.78, 5) is 40.5.